The maximum Gasteiger partial charge on any atom is 0.203 e. The number of nitrogens with one attached hydrogen (secondary N) is 1. The van der Waals surface area contributed by atoms with Gasteiger partial charge in [0.15, 0.2) is 0 Å². The number of pyridine rings is 1. The van der Waals surface area contributed by atoms with Gasteiger partial charge in [-0.2, -0.15) is 0 Å². The first-order valence-corrected chi connectivity index (χ1v) is 6.31. The second kappa shape index (κ2) is 5.67. The van der Waals surface area contributed by atoms with Crippen LogP contribution in [0.1, 0.15) is 25.0 Å². The largest absolute Gasteiger partial charge is 0.352 e. The molecule has 0 bridgehead atoms. The molecule has 0 unspecified atom stereocenters. The molecule has 0 radical (unpaired) electrons. The molecule has 0 saturated heterocycles. The van der Waals surface area contributed by atoms with Crippen LogP contribution in [0.4, 0.5) is 5.95 Å². The summed E-state index contributed by atoms with van der Waals surface area (Å²) in [5, 5.41) is 3.38. The first-order chi connectivity index (χ1) is 8.66. The van der Waals surface area contributed by atoms with Gasteiger partial charge in [0.05, 0.1) is 0 Å². The molecular weight excluding hydrogens is 224 g/mol. The molecule has 0 fully saturated rings. The maximum absolute atomic E-state index is 4.35. The molecule has 2 aromatic heterocycles. The summed E-state index contributed by atoms with van der Waals surface area (Å²) in [6.07, 6.45) is 7.56. The molecule has 0 saturated carbocycles. The number of aryl methyl sites for hydroxylation is 1. The minimum absolute atomic E-state index is 0.613. The lowest BCUT2D eigenvalue weighted by molar-refractivity contribution is 0.526. The van der Waals surface area contributed by atoms with Crippen LogP contribution in [-0.2, 0) is 13.1 Å². The number of aromatic nitrogens is 3. The Balaban J connectivity index is 2.02. The molecule has 0 amide bonds. The van der Waals surface area contributed by atoms with Gasteiger partial charge in [-0.25, -0.2) is 4.98 Å². The van der Waals surface area contributed by atoms with E-state index in [0.29, 0.717) is 5.92 Å². The van der Waals surface area contributed by atoms with Crippen LogP contribution < -0.4 is 5.32 Å². The third kappa shape index (κ3) is 3.09. The van der Waals surface area contributed by atoms with Crippen molar-refractivity contribution in [1.29, 1.82) is 0 Å². The standard InChI is InChI=1S/C14H20N4/c1-11(2)10-18-7-6-16-14(18)17-9-13-4-5-15-8-12(13)3/h4-8,11H,9-10H2,1-3H3,(H,16,17). The summed E-state index contributed by atoms with van der Waals surface area (Å²) in [6, 6.07) is 2.04. The topological polar surface area (TPSA) is 42.7 Å². The Morgan fingerprint density at radius 2 is 2.17 bits per heavy atom. The zero-order valence-electron chi connectivity index (χ0n) is 11.2. The third-order valence-electron chi connectivity index (χ3n) is 2.85. The highest BCUT2D eigenvalue weighted by Gasteiger charge is 2.05. The summed E-state index contributed by atoms with van der Waals surface area (Å²) < 4.78 is 2.15. The Morgan fingerprint density at radius 3 is 2.89 bits per heavy atom. The van der Waals surface area contributed by atoms with Crippen LogP contribution in [-0.4, -0.2) is 14.5 Å². The minimum atomic E-state index is 0.613. The van der Waals surface area contributed by atoms with Crippen LogP contribution in [0.15, 0.2) is 30.9 Å². The summed E-state index contributed by atoms with van der Waals surface area (Å²) in [6.45, 7) is 8.25. The number of imidazole rings is 1. The number of nitrogens with zero attached hydrogens (tertiary/aromatic N) is 3. The predicted molar refractivity (Wildman–Crippen MR) is 73.4 cm³/mol. The monoisotopic (exact) mass is 244 g/mol. The van der Waals surface area contributed by atoms with Crippen LogP contribution in [0.3, 0.4) is 0 Å². The van der Waals surface area contributed by atoms with Gasteiger partial charge in [0.2, 0.25) is 5.95 Å². The Hall–Kier alpha value is -1.84. The third-order valence-corrected chi connectivity index (χ3v) is 2.85. The normalized spacial score (nSPS) is 10.9. The van der Waals surface area contributed by atoms with E-state index in [1.165, 1.54) is 11.1 Å². The van der Waals surface area contributed by atoms with Crippen LogP contribution in [0, 0.1) is 12.8 Å². The molecule has 0 aromatic carbocycles. The van der Waals surface area contributed by atoms with Crippen molar-refractivity contribution in [1.82, 2.24) is 14.5 Å². The van der Waals surface area contributed by atoms with Gasteiger partial charge in [0, 0.05) is 37.9 Å². The fourth-order valence-corrected chi connectivity index (χ4v) is 1.89. The fraction of sp³-hybridized carbons (Fsp3) is 0.429. The fourth-order valence-electron chi connectivity index (χ4n) is 1.89. The van der Waals surface area contributed by atoms with Gasteiger partial charge in [-0.05, 0) is 30.0 Å². The first-order valence-electron chi connectivity index (χ1n) is 6.31. The van der Waals surface area contributed by atoms with E-state index in [4.69, 9.17) is 0 Å². The van der Waals surface area contributed by atoms with Gasteiger partial charge in [-0.15, -0.1) is 0 Å². The molecule has 2 aromatic rings. The molecule has 1 N–H and O–H groups in total. The molecule has 2 heterocycles. The van der Waals surface area contributed by atoms with Crippen molar-refractivity contribution < 1.29 is 0 Å². The lowest BCUT2D eigenvalue weighted by Gasteiger charge is -2.12. The van der Waals surface area contributed by atoms with E-state index in [1.54, 1.807) is 0 Å². The minimum Gasteiger partial charge on any atom is -0.352 e. The highest BCUT2D eigenvalue weighted by Crippen LogP contribution is 2.11. The van der Waals surface area contributed by atoms with E-state index in [2.05, 4.69) is 40.6 Å². The smallest absolute Gasteiger partial charge is 0.203 e. The quantitative estimate of drug-likeness (QED) is 0.879. The molecule has 4 nitrogen and oxygen atoms in total. The summed E-state index contributed by atoms with van der Waals surface area (Å²) in [5.74, 6) is 1.54. The van der Waals surface area contributed by atoms with Crippen molar-refractivity contribution in [3.05, 3.63) is 42.0 Å². The molecule has 0 aliphatic rings. The van der Waals surface area contributed by atoms with E-state index in [-0.39, 0.29) is 0 Å². The van der Waals surface area contributed by atoms with E-state index >= 15 is 0 Å². The van der Waals surface area contributed by atoms with Gasteiger partial charge in [0.1, 0.15) is 0 Å². The van der Waals surface area contributed by atoms with Crippen molar-refractivity contribution in [3.8, 4) is 0 Å². The van der Waals surface area contributed by atoms with Crippen LogP contribution in [0.5, 0.6) is 0 Å². The molecule has 0 aliphatic heterocycles. The molecule has 0 aliphatic carbocycles. The predicted octanol–water partition coefficient (Wildman–Crippen LogP) is 2.85. The SMILES string of the molecule is Cc1cnccc1CNc1nccn1CC(C)C. The molecule has 96 valence electrons. The average Bonchev–Trinajstić information content (AvgIpc) is 2.75. The summed E-state index contributed by atoms with van der Waals surface area (Å²) >= 11 is 0. The van der Waals surface area contributed by atoms with Gasteiger partial charge in [-0.1, -0.05) is 13.8 Å². The van der Waals surface area contributed by atoms with Gasteiger partial charge < -0.3 is 9.88 Å². The molecular formula is C14H20N4. The Morgan fingerprint density at radius 1 is 1.33 bits per heavy atom. The Kier molecular flexibility index (Phi) is 3.97. The Bertz CT molecular complexity index is 502. The lowest BCUT2D eigenvalue weighted by Crippen LogP contribution is -2.10. The van der Waals surface area contributed by atoms with E-state index in [0.717, 1.165) is 19.0 Å². The zero-order valence-corrected chi connectivity index (χ0v) is 11.2. The van der Waals surface area contributed by atoms with Crippen LogP contribution in [0.25, 0.3) is 0 Å². The average molecular weight is 244 g/mol. The highest BCUT2D eigenvalue weighted by molar-refractivity contribution is 5.31. The van der Waals surface area contributed by atoms with Crippen molar-refractivity contribution in [2.24, 2.45) is 5.92 Å². The number of anilines is 1. The van der Waals surface area contributed by atoms with Crippen molar-refractivity contribution in [2.75, 3.05) is 5.32 Å². The van der Waals surface area contributed by atoms with Crippen molar-refractivity contribution >= 4 is 5.95 Å². The van der Waals surface area contributed by atoms with Gasteiger partial charge in [-0.3, -0.25) is 4.98 Å². The number of hydrogen-bond donors (Lipinski definition) is 1. The first kappa shape index (κ1) is 12.6. The maximum atomic E-state index is 4.35. The molecule has 0 atom stereocenters. The van der Waals surface area contributed by atoms with Crippen LogP contribution >= 0.6 is 0 Å². The molecule has 2 rings (SSSR count). The second-order valence-electron chi connectivity index (χ2n) is 4.95. The molecule has 0 spiro atoms. The van der Waals surface area contributed by atoms with Crippen molar-refractivity contribution in [3.63, 3.8) is 0 Å². The Labute approximate surface area is 108 Å². The number of hydrogen-bond acceptors (Lipinski definition) is 3. The van der Waals surface area contributed by atoms with E-state index < -0.39 is 0 Å². The summed E-state index contributed by atoms with van der Waals surface area (Å²) in [5.41, 5.74) is 2.45. The summed E-state index contributed by atoms with van der Waals surface area (Å²) in [7, 11) is 0. The van der Waals surface area contributed by atoms with E-state index in [1.807, 2.05) is 30.9 Å². The van der Waals surface area contributed by atoms with Gasteiger partial charge in [0.25, 0.3) is 0 Å². The van der Waals surface area contributed by atoms with Crippen molar-refractivity contribution in [2.45, 2.75) is 33.9 Å². The van der Waals surface area contributed by atoms with Crippen LogP contribution in [0.2, 0.25) is 0 Å². The lowest BCUT2D eigenvalue weighted by atomic mass is 10.1. The van der Waals surface area contributed by atoms with E-state index in [9.17, 15) is 0 Å². The number of rotatable bonds is 5. The summed E-state index contributed by atoms with van der Waals surface area (Å²) in [4.78, 5) is 8.45. The molecule has 4 heteroatoms. The highest BCUT2D eigenvalue weighted by atomic mass is 15.2. The zero-order chi connectivity index (χ0) is 13.0. The van der Waals surface area contributed by atoms with Gasteiger partial charge >= 0.3 is 0 Å². The molecule has 18 heavy (non-hydrogen) atoms. The second-order valence-corrected chi connectivity index (χ2v) is 4.95.